The molecule has 5 rings (SSSR count). The Morgan fingerprint density at radius 1 is 1.00 bits per heavy atom. The van der Waals surface area contributed by atoms with Crippen molar-refractivity contribution in [3.05, 3.63) is 66.2 Å². The van der Waals surface area contributed by atoms with E-state index < -0.39 is 20.9 Å². The van der Waals surface area contributed by atoms with Crippen molar-refractivity contribution >= 4 is 48.6 Å². The number of hydrogen-bond acceptors (Lipinski definition) is 5. The van der Waals surface area contributed by atoms with Gasteiger partial charge in [0, 0.05) is 17.0 Å². The Hall–Kier alpha value is -3.21. The lowest BCUT2D eigenvalue weighted by Crippen LogP contribution is -2.33. The topological polar surface area (TPSA) is 87.4 Å². The summed E-state index contributed by atoms with van der Waals surface area (Å²) in [6.45, 7) is 0. The van der Waals surface area contributed by atoms with Gasteiger partial charge in [-0.15, -0.1) is 0 Å². The van der Waals surface area contributed by atoms with Crippen LogP contribution < -0.4 is 9.30 Å². The van der Waals surface area contributed by atoms with E-state index in [1.165, 1.54) is 0 Å². The van der Waals surface area contributed by atoms with Crippen LogP contribution in [-0.4, -0.2) is 23.7 Å². The van der Waals surface area contributed by atoms with Gasteiger partial charge in [0.05, 0.1) is 16.3 Å². The number of fused-ring (bicyclic) bond motifs is 4. The maximum absolute atomic E-state index is 11.6. The highest BCUT2D eigenvalue weighted by molar-refractivity contribution is 7.86. The number of para-hydroxylation sites is 1. The number of aryl methyl sites for hydroxylation is 1. The Kier molecular flexibility index (Phi) is 5.55. The molecule has 0 atom stereocenters. The summed E-state index contributed by atoms with van der Waals surface area (Å²) in [5.41, 5.74) is -2.07. The first-order valence-corrected chi connectivity index (χ1v) is 11.1. The highest BCUT2D eigenvalue weighted by Crippen LogP contribution is 2.46. The van der Waals surface area contributed by atoms with Crippen LogP contribution in [0.15, 0.2) is 60.7 Å². The Labute approximate surface area is 190 Å². The molecule has 0 N–H and O–H groups in total. The molecule has 1 aliphatic heterocycles. The summed E-state index contributed by atoms with van der Waals surface area (Å²) < 4.78 is 67.1. The molecule has 33 heavy (non-hydrogen) atoms. The maximum atomic E-state index is 11.6. The van der Waals surface area contributed by atoms with Gasteiger partial charge < -0.3 is 9.29 Å². The summed E-state index contributed by atoms with van der Waals surface area (Å²) in [5.74, 6) is 1.68. The van der Waals surface area contributed by atoms with E-state index >= 15 is 0 Å². The SMILES string of the molecule is C[n+]1c2c3c(cccc3c3ccc(C(=O)Cl)cc31)Oc1ccccc1-2.O=S(=O)([O-])C(F)(F)F. The second kappa shape index (κ2) is 7.98. The van der Waals surface area contributed by atoms with Gasteiger partial charge in [0.1, 0.15) is 18.5 Å². The first-order chi connectivity index (χ1) is 15.4. The first kappa shape index (κ1) is 23.0. The Morgan fingerprint density at radius 3 is 2.27 bits per heavy atom. The van der Waals surface area contributed by atoms with E-state index in [0.29, 0.717) is 5.56 Å². The molecule has 0 spiro atoms. The van der Waals surface area contributed by atoms with Crippen LogP contribution in [0.2, 0.25) is 0 Å². The van der Waals surface area contributed by atoms with Crippen LogP contribution in [0.4, 0.5) is 13.2 Å². The van der Waals surface area contributed by atoms with Crippen LogP contribution in [0.1, 0.15) is 10.4 Å². The number of pyridine rings is 1. The number of halogens is 4. The number of ether oxygens (including phenoxy) is 1. The summed E-state index contributed by atoms with van der Waals surface area (Å²) >= 11 is 5.70. The minimum Gasteiger partial charge on any atom is -0.741 e. The lowest BCUT2D eigenvalue weighted by molar-refractivity contribution is -0.632. The van der Waals surface area contributed by atoms with Crippen LogP contribution >= 0.6 is 11.6 Å². The molecule has 1 aliphatic rings. The van der Waals surface area contributed by atoms with Crippen LogP contribution in [-0.2, 0) is 17.2 Å². The van der Waals surface area contributed by atoms with E-state index in [9.17, 15) is 18.0 Å². The van der Waals surface area contributed by atoms with Crippen molar-refractivity contribution in [2.75, 3.05) is 0 Å². The molecule has 0 saturated carbocycles. The monoisotopic (exact) mass is 495 g/mol. The molecule has 1 aromatic heterocycles. The molecule has 0 amide bonds. The molecule has 4 aromatic rings. The van der Waals surface area contributed by atoms with Crippen LogP contribution in [0.5, 0.6) is 11.5 Å². The Balaban J connectivity index is 0.000000281. The summed E-state index contributed by atoms with van der Waals surface area (Å²) in [7, 11) is -4.08. The zero-order chi connectivity index (χ0) is 24.1. The Morgan fingerprint density at radius 2 is 1.64 bits per heavy atom. The highest BCUT2D eigenvalue weighted by atomic mass is 35.5. The molecular formula is C22H13ClF3NO5S. The molecule has 3 aromatic carbocycles. The Bertz CT molecular complexity index is 1550. The van der Waals surface area contributed by atoms with Gasteiger partial charge in [0.2, 0.25) is 11.2 Å². The third kappa shape index (κ3) is 4.01. The first-order valence-electron chi connectivity index (χ1n) is 9.28. The fourth-order valence-corrected chi connectivity index (χ4v) is 3.83. The van der Waals surface area contributed by atoms with Crippen LogP contribution in [0.3, 0.4) is 0 Å². The van der Waals surface area contributed by atoms with Gasteiger partial charge >= 0.3 is 5.51 Å². The molecule has 170 valence electrons. The molecular weight excluding hydrogens is 483 g/mol. The lowest BCUT2D eigenvalue weighted by atomic mass is 9.95. The van der Waals surface area contributed by atoms with Crippen molar-refractivity contribution in [3.8, 4) is 22.8 Å². The van der Waals surface area contributed by atoms with Crippen molar-refractivity contribution in [1.29, 1.82) is 0 Å². The van der Waals surface area contributed by atoms with Gasteiger partial charge in [0.25, 0.3) is 5.24 Å². The predicted octanol–water partition coefficient (Wildman–Crippen LogP) is 5.02. The largest absolute Gasteiger partial charge is 0.741 e. The molecule has 0 unspecified atom stereocenters. The fraction of sp³-hybridized carbons (Fsp3) is 0.0909. The van der Waals surface area contributed by atoms with Crippen molar-refractivity contribution in [1.82, 2.24) is 0 Å². The molecule has 11 heteroatoms. The summed E-state index contributed by atoms with van der Waals surface area (Å²) in [6, 6.07) is 19.6. The van der Waals surface area contributed by atoms with E-state index in [1.54, 1.807) is 6.07 Å². The second-order valence-corrected chi connectivity index (χ2v) is 8.80. The number of hydrogen-bond donors (Lipinski definition) is 0. The minimum atomic E-state index is -6.09. The number of rotatable bonds is 1. The highest BCUT2D eigenvalue weighted by Gasteiger charge is 2.37. The number of alkyl halides is 3. The van der Waals surface area contributed by atoms with E-state index in [1.807, 2.05) is 49.5 Å². The predicted molar refractivity (Wildman–Crippen MR) is 114 cm³/mol. The zero-order valence-electron chi connectivity index (χ0n) is 16.7. The van der Waals surface area contributed by atoms with E-state index in [0.717, 1.165) is 44.4 Å². The molecule has 0 radical (unpaired) electrons. The van der Waals surface area contributed by atoms with Crippen molar-refractivity contribution in [2.24, 2.45) is 7.05 Å². The van der Waals surface area contributed by atoms with Gasteiger partial charge in [-0.25, -0.2) is 8.42 Å². The molecule has 2 heterocycles. The average Bonchev–Trinajstić information content (AvgIpc) is 2.75. The molecule has 0 fully saturated rings. The smallest absolute Gasteiger partial charge is 0.485 e. The quantitative estimate of drug-likeness (QED) is 0.107. The molecule has 6 nitrogen and oxygen atoms in total. The molecule has 0 aliphatic carbocycles. The third-order valence-electron chi connectivity index (χ3n) is 5.12. The van der Waals surface area contributed by atoms with Gasteiger partial charge in [-0.1, -0.05) is 24.3 Å². The normalized spacial score (nSPS) is 12.5. The van der Waals surface area contributed by atoms with Gasteiger partial charge in [-0.2, -0.15) is 17.7 Å². The molecule has 0 bridgehead atoms. The number of aromatic nitrogens is 1. The standard InChI is InChI=1S/C21H13ClNO2.CHF3O3S/c1-23-16-11-12(21(22)24)9-10-13(16)14-6-4-8-18-19(14)20(23)15-5-2-3-7-17(15)25-18;2-1(3,4)8(5,6)7/h2-11H,1H3;(H,5,6,7)/q+1;/p-1. The number of carbonyl (C=O) groups is 1. The van der Waals surface area contributed by atoms with Crippen molar-refractivity contribution < 1.29 is 40.2 Å². The summed E-state index contributed by atoms with van der Waals surface area (Å²) in [4.78, 5) is 11.6. The van der Waals surface area contributed by atoms with Crippen LogP contribution in [0.25, 0.3) is 32.9 Å². The summed E-state index contributed by atoms with van der Waals surface area (Å²) in [6.07, 6.45) is 0. The van der Waals surface area contributed by atoms with Gasteiger partial charge in [-0.3, -0.25) is 4.79 Å². The number of carbonyl (C=O) groups excluding carboxylic acids is 1. The van der Waals surface area contributed by atoms with Crippen LogP contribution in [0, 0.1) is 0 Å². The number of nitrogens with zero attached hydrogens (tertiary/aromatic N) is 1. The lowest BCUT2D eigenvalue weighted by Gasteiger charge is -2.20. The van der Waals surface area contributed by atoms with Crippen molar-refractivity contribution in [2.45, 2.75) is 5.51 Å². The third-order valence-corrected chi connectivity index (χ3v) is 5.91. The van der Waals surface area contributed by atoms with Gasteiger partial charge in [0.15, 0.2) is 10.1 Å². The van der Waals surface area contributed by atoms with Crippen molar-refractivity contribution in [3.63, 3.8) is 0 Å². The number of benzene rings is 3. The average molecular weight is 496 g/mol. The van der Waals surface area contributed by atoms with Gasteiger partial charge in [-0.05, 0) is 41.9 Å². The zero-order valence-corrected chi connectivity index (χ0v) is 18.3. The van der Waals surface area contributed by atoms with E-state index in [4.69, 9.17) is 29.3 Å². The minimum absolute atomic E-state index is 0.451. The second-order valence-electron chi connectivity index (χ2n) is 7.09. The van der Waals surface area contributed by atoms with E-state index in [-0.39, 0.29) is 0 Å². The summed E-state index contributed by atoms with van der Waals surface area (Å²) in [5, 5.41) is 2.80. The molecule has 0 saturated heterocycles. The maximum Gasteiger partial charge on any atom is 0.485 e. The fourth-order valence-electron chi connectivity index (χ4n) is 3.72. The van der Waals surface area contributed by atoms with E-state index in [2.05, 4.69) is 16.7 Å².